The van der Waals surface area contributed by atoms with Crippen molar-refractivity contribution in [2.24, 2.45) is 0 Å². The van der Waals surface area contributed by atoms with E-state index in [2.05, 4.69) is 30.6 Å². The van der Waals surface area contributed by atoms with Gasteiger partial charge in [0.1, 0.15) is 0 Å². The Balaban J connectivity index is 1.43. The highest BCUT2D eigenvalue weighted by atomic mass is 16.5. The van der Waals surface area contributed by atoms with Gasteiger partial charge in [0.15, 0.2) is 0 Å². The molecule has 3 rings (SSSR count). The minimum atomic E-state index is 0.167. The molecule has 0 radical (unpaired) electrons. The number of carbonyl (C=O) groups is 2. The number of carbonyl (C=O) groups excluding carboxylic acids is 2. The van der Waals surface area contributed by atoms with Crippen LogP contribution in [0, 0.1) is 0 Å². The Labute approximate surface area is 175 Å². The summed E-state index contributed by atoms with van der Waals surface area (Å²) in [6.07, 6.45) is 2.22. The van der Waals surface area contributed by atoms with Crippen molar-refractivity contribution >= 4 is 11.8 Å². The van der Waals surface area contributed by atoms with E-state index >= 15 is 0 Å². The number of morpholine rings is 2. The van der Waals surface area contributed by atoms with Crippen LogP contribution in [-0.2, 0) is 19.1 Å². The maximum absolute atomic E-state index is 12.7. The minimum absolute atomic E-state index is 0.167. The van der Waals surface area contributed by atoms with Gasteiger partial charge in [-0.25, -0.2) is 0 Å². The van der Waals surface area contributed by atoms with Crippen molar-refractivity contribution in [2.75, 3.05) is 72.1 Å². The molecule has 3 fully saturated rings. The molecule has 0 spiro atoms. The summed E-state index contributed by atoms with van der Waals surface area (Å²) in [5.41, 5.74) is 0. The van der Waals surface area contributed by atoms with E-state index in [1.165, 1.54) is 0 Å². The van der Waals surface area contributed by atoms with Crippen molar-refractivity contribution in [1.29, 1.82) is 0 Å². The smallest absolute Gasteiger partial charge is 0.236 e. The molecule has 0 saturated carbocycles. The molecule has 3 atom stereocenters. The molecule has 3 unspecified atom stereocenters. The Bertz CT molecular complexity index is 561. The normalized spacial score (nSPS) is 29.8. The fourth-order valence-corrected chi connectivity index (χ4v) is 4.40. The second kappa shape index (κ2) is 10.7. The van der Waals surface area contributed by atoms with E-state index in [9.17, 15) is 9.59 Å². The molecule has 0 aliphatic carbocycles. The van der Waals surface area contributed by atoms with Gasteiger partial charge in [-0.3, -0.25) is 19.4 Å². The van der Waals surface area contributed by atoms with Crippen LogP contribution >= 0.6 is 0 Å². The Kier molecular flexibility index (Phi) is 8.29. The number of piperazine rings is 1. The average molecular weight is 411 g/mol. The lowest BCUT2D eigenvalue weighted by molar-refractivity contribution is -0.143. The number of rotatable bonds is 6. The summed E-state index contributed by atoms with van der Waals surface area (Å²) < 4.78 is 11.3. The predicted octanol–water partition coefficient (Wildman–Crippen LogP) is 0.267. The van der Waals surface area contributed by atoms with Gasteiger partial charge >= 0.3 is 0 Å². The van der Waals surface area contributed by atoms with Crippen LogP contribution < -0.4 is 0 Å². The summed E-state index contributed by atoms with van der Waals surface area (Å²) in [5, 5.41) is 0. The highest BCUT2D eigenvalue weighted by Gasteiger charge is 2.31. The Morgan fingerprint density at radius 3 is 1.86 bits per heavy atom. The largest absolute Gasteiger partial charge is 0.375 e. The molecule has 3 saturated heterocycles. The summed E-state index contributed by atoms with van der Waals surface area (Å²) in [5.74, 6) is 0.393. The minimum Gasteiger partial charge on any atom is -0.375 e. The summed E-state index contributed by atoms with van der Waals surface area (Å²) in [6.45, 7) is 13.8. The van der Waals surface area contributed by atoms with E-state index in [-0.39, 0.29) is 30.1 Å². The molecule has 166 valence electrons. The quantitative estimate of drug-likeness (QED) is 0.626. The van der Waals surface area contributed by atoms with Crippen molar-refractivity contribution in [1.82, 2.24) is 19.6 Å². The zero-order valence-electron chi connectivity index (χ0n) is 18.3. The first-order valence-corrected chi connectivity index (χ1v) is 11.2. The fraction of sp³-hybridized carbons (Fsp3) is 0.905. The van der Waals surface area contributed by atoms with E-state index in [0.717, 1.165) is 32.5 Å². The molecule has 0 aromatic carbocycles. The highest BCUT2D eigenvalue weighted by Crippen LogP contribution is 2.14. The van der Waals surface area contributed by atoms with E-state index in [4.69, 9.17) is 9.47 Å². The third kappa shape index (κ3) is 6.13. The number of amides is 2. The van der Waals surface area contributed by atoms with Gasteiger partial charge in [-0.2, -0.15) is 0 Å². The molecule has 8 heteroatoms. The van der Waals surface area contributed by atoms with Crippen molar-refractivity contribution < 1.29 is 19.1 Å². The van der Waals surface area contributed by atoms with Crippen LogP contribution in [0.2, 0.25) is 0 Å². The first-order chi connectivity index (χ1) is 14.0. The van der Waals surface area contributed by atoms with Crippen LogP contribution in [0.5, 0.6) is 0 Å². The van der Waals surface area contributed by atoms with Crippen LogP contribution in [0.3, 0.4) is 0 Å². The molecule has 0 N–H and O–H groups in total. The van der Waals surface area contributed by atoms with Crippen molar-refractivity contribution in [3.63, 3.8) is 0 Å². The fourth-order valence-electron chi connectivity index (χ4n) is 4.40. The molecule has 0 aromatic rings. The van der Waals surface area contributed by atoms with Gasteiger partial charge in [0.05, 0.1) is 38.5 Å². The molecule has 3 aliphatic rings. The molecule has 0 bridgehead atoms. The van der Waals surface area contributed by atoms with Gasteiger partial charge in [0.25, 0.3) is 0 Å². The van der Waals surface area contributed by atoms with Crippen LogP contribution in [-0.4, -0.2) is 122 Å². The predicted molar refractivity (Wildman–Crippen MR) is 111 cm³/mol. The Hall–Kier alpha value is -1.22. The second-order valence-corrected chi connectivity index (χ2v) is 8.54. The molecule has 29 heavy (non-hydrogen) atoms. The maximum atomic E-state index is 12.7. The van der Waals surface area contributed by atoms with E-state index < -0.39 is 0 Å². The van der Waals surface area contributed by atoms with Gasteiger partial charge in [-0.15, -0.1) is 0 Å². The first kappa shape index (κ1) is 22.5. The molecule has 3 aliphatic heterocycles. The molecular formula is C21H38N4O4. The van der Waals surface area contributed by atoms with E-state index in [1.807, 2.05) is 9.80 Å². The zero-order valence-corrected chi connectivity index (χ0v) is 18.3. The summed E-state index contributed by atoms with van der Waals surface area (Å²) in [4.78, 5) is 33.8. The van der Waals surface area contributed by atoms with Crippen molar-refractivity contribution in [3.8, 4) is 0 Å². The Morgan fingerprint density at radius 1 is 0.793 bits per heavy atom. The summed E-state index contributed by atoms with van der Waals surface area (Å²) in [6, 6.07) is 0.261. The SMILES string of the molecule is CCC1CN(C(=O)CN2CCN(CC(=O)N3CCOC(CC)C3)C(C)C2)CCO1. The Morgan fingerprint density at radius 2 is 1.34 bits per heavy atom. The number of nitrogens with zero attached hydrogens (tertiary/aromatic N) is 4. The second-order valence-electron chi connectivity index (χ2n) is 8.54. The lowest BCUT2D eigenvalue weighted by Crippen LogP contribution is -2.57. The molecule has 2 amide bonds. The topological polar surface area (TPSA) is 65.6 Å². The van der Waals surface area contributed by atoms with E-state index in [1.54, 1.807) is 0 Å². The third-order valence-corrected chi connectivity index (χ3v) is 6.44. The lowest BCUT2D eigenvalue weighted by Gasteiger charge is -2.41. The standard InChI is InChI=1S/C21H38N4O4/c1-4-18-13-24(8-10-28-18)20(26)15-22-6-7-23(17(3)12-22)16-21(27)25-9-11-29-19(5-2)14-25/h17-19H,4-16H2,1-3H3. The molecule has 0 aromatic heterocycles. The van der Waals surface area contributed by atoms with Crippen molar-refractivity contribution in [2.45, 2.75) is 51.9 Å². The maximum Gasteiger partial charge on any atom is 0.236 e. The molecular weight excluding hydrogens is 372 g/mol. The molecule has 3 heterocycles. The lowest BCUT2D eigenvalue weighted by atomic mass is 10.1. The van der Waals surface area contributed by atoms with Crippen molar-refractivity contribution in [3.05, 3.63) is 0 Å². The van der Waals surface area contributed by atoms with Gasteiger partial charge in [0.2, 0.25) is 11.8 Å². The van der Waals surface area contributed by atoms with Gasteiger partial charge in [-0.05, 0) is 19.8 Å². The molecule has 8 nitrogen and oxygen atoms in total. The van der Waals surface area contributed by atoms with E-state index in [0.29, 0.717) is 52.5 Å². The highest BCUT2D eigenvalue weighted by molar-refractivity contribution is 5.79. The van der Waals surface area contributed by atoms with Crippen LogP contribution in [0.1, 0.15) is 33.6 Å². The summed E-state index contributed by atoms with van der Waals surface area (Å²) >= 11 is 0. The number of ether oxygens (including phenoxy) is 2. The van der Waals surface area contributed by atoms with Crippen LogP contribution in [0.4, 0.5) is 0 Å². The van der Waals surface area contributed by atoms with Crippen LogP contribution in [0.15, 0.2) is 0 Å². The number of hydrogen-bond donors (Lipinski definition) is 0. The summed E-state index contributed by atoms with van der Waals surface area (Å²) in [7, 11) is 0. The van der Waals surface area contributed by atoms with Gasteiger partial charge < -0.3 is 19.3 Å². The first-order valence-electron chi connectivity index (χ1n) is 11.2. The van der Waals surface area contributed by atoms with Gasteiger partial charge in [-0.1, -0.05) is 13.8 Å². The van der Waals surface area contributed by atoms with Gasteiger partial charge in [0, 0.05) is 51.9 Å². The third-order valence-electron chi connectivity index (χ3n) is 6.44. The number of hydrogen-bond acceptors (Lipinski definition) is 6. The monoisotopic (exact) mass is 410 g/mol. The zero-order chi connectivity index (χ0) is 20.8. The average Bonchev–Trinajstić information content (AvgIpc) is 2.75. The van der Waals surface area contributed by atoms with Crippen LogP contribution in [0.25, 0.3) is 0 Å².